The number of hydrogen-bond acceptors (Lipinski definition) is 3. The number of rotatable bonds is 0. The molecule has 0 amide bonds. The molecule has 1 aliphatic carbocycles. The molecule has 2 rings (SSSR count). The van der Waals surface area contributed by atoms with Gasteiger partial charge in [-0.2, -0.15) is 0 Å². The molecule has 0 atom stereocenters. The predicted molar refractivity (Wildman–Crippen MR) is 44.1 cm³/mol. The highest BCUT2D eigenvalue weighted by Crippen LogP contribution is 2.22. The maximum atomic E-state index is 9.27. The Hall–Kier alpha value is -1.19. The Balaban J connectivity index is 2.46. The highest BCUT2D eigenvalue weighted by Gasteiger charge is 2.24. The molecule has 0 radical (unpaired) electrons. The van der Waals surface area contributed by atoms with Crippen molar-refractivity contribution in [3.05, 3.63) is 35.7 Å². The molecule has 1 aliphatic rings. The average molecular weight is 163 g/mol. The quantitative estimate of drug-likeness (QED) is 0.542. The molecule has 62 valence electrons. The van der Waals surface area contributed by atoms with Gasteiger partial charge >= 0.3 is 0 Å². The van der Waals surface area contributed by atoms with E-state index in [4.69, 9.17) is 0 Å². The second-order valence-corrected chi connectivity index (χ2v) is 2.96. The summed E-state index contributed by atoms with van der Waals surface area (Å²) in [6.45, 7) is 0. The molecule has 12 heavy (non-hydrogen) atoms. The minimum Gasteiger partial charge on any atom is -0.362 e. The van der Waals surface area contributed by atoms with E-state index in [1.165, 1.54) is 6.08 Å². The Morgan fingerprint density at radius 2 is 2.25 bits per heavy atom. The van der Waals surface area contributed by atoms with Crippen LogP contribution in [-0.2, 0) is 6.42 Å². The van der Waals surface area contributed by atoms with Crippen molar-refractivity contribution in [3.8, 4) is 0 Å². The zero-order chi connectivity index (χ0) is 8.60. The third kappa shape index (κ3) is 1.24. The molecule has 0 spiro atoms. The molecule has 0 fully saturated rings. The second kappa shape index (κ2) is 2.40. The number of fused-ring (bicyclic) bond motifs is 1. The Morgan fingerprint density at radius 1 is 1.42 bits per heavy atom. The van der Waals surface area contributed by atoms with Crippen LogP contribution in [-0.4, -0.2) is 21.0 Å². The number of aromatic nitrogens is 1. The lowest BCUT2D eigenvalue weighted by Gasteiger charge is -2.22. The van der Waals surface area contributed by atoms with Crippen LogP contribution in [0, 0.1) is 0 Å². The van der Waals surface area contributed by atoms with Crippen molar-refractivity contribution >= 4 is 6.08 Å². The van der Waals surface area contributed by atoms with Gasteiger partial charge in [0.25, 0.3) is 0 Å². The van der Waals surface area contributed by atoms with Gasteiger partial charge in [0.15, 0.2) is 5.79 Å². The Kier molecular flexibility index (Phi) is 1.49. The van der Waals surface area contributed by atoms with E-state index < -0.39 is 5.79 Å². The lowest BCUT2D eigenvalue weighted by molar-refractivity contribution is -0.116. The lowest BCUT2D eigenvalue weighted by Crippen LogP contribution is -2.30. The molecule has 0 aliphatic heterocycles. The molecule has 3 heteroatoms. The third-order valence-electron chi connectivity index (χ3n) is 1.93. The summed E-state index contributed by atoms with van der Waals surface area (Å²) < 4.78 is 0. The normalized spacial score (nSPS) is 18.8. The smallest absolute Gasteiger partial charge is 0.187 e. The molecule has 0 unspecified atom stereocenters. The van der Waals surface area contributed by atoms with Crippen molar-refractivity contribution in [1.29, 1.82) is 0 Å². The summed E-state index contributed by atoms with van der Waals surface area (Å²) in [4.78, 5) is 3.93. The first kappa shape index (κ1) is 7.46. The predicted octanol–water partition coefficient (Wildman–Crippen LogP) is 0.332. The number of hydrogen-bond donors (Lipinski definition) is 2. The van der Waals surface area contributed by atoms with Gasteiger partial charge in [-0.15, -0.1) is 0 Å². The van der Waals surface area contributed by atoms with Gasteiger partial charge in [0, 0.05) is 18.8 Å². The van der Waals surface area contributed by atoms with Crippen LogP contribution in [0.5, 0.6) is 0 Å². The van der Waals surface area contributed by atoms with E-state index in [1.54, 1.807) is 24.5 Å². The van der Waals surface area contributed by atoms with Gasteiger partial charge in [0.2, 0.25) is 0 Å². The standard InChI is InChI=1S/C9H9NO2/c11-9(12)3-1-8-6-10-4-2-7(8)5-9/h1-4,6,11-12H,5H2. The summed E-state index contributed by atoms with van der Waals surface area (Å²) in [5.74, 6) is -1.69. The molecular formula is C9H9NO2. The zero-order valence-corrected chi connectivity index (χ0v) is 6.44. The number of aliphatic hydroxyl groups is 2. The molecule has 0 saturated carbocycles. The average Bonchev–Trinajstić information content (AvgIpc) is 2.02. The fraction of sp³-hybridized carbons (Fsp3) is 0.222. The summed E-state index contributed by atoms with van der Waals surface area (Å²) in [6.07, 6.45) is 6.64. The first-order valence-corrected chi connectivity index (χ1v) is 3.74. The van der Waals surface area contributed by atoms with Crippen molar-refractivity contribution < 1.29 is 10.2 Å². The Morgan fingerprint density at radius 3 is 3.08 bits per heavy atom. The fourth-order valence-electron chi connectivity index (χ4n) is 1.31. The summed E-state index contributed by atoms with van der Waals surface area (Å²) in [7, 11) is 0. The molecule has 3 nitrogen and oxygen atoms in total. The lowest BCUT2D eigenvalue weighted by atomic mass is 9.95. The summed E-state index contributed by atoms with van der Waals surface area (Å²) in [5.41, 5.74) is 1.87. The van der Waals surface area contributed by atoms with Gasteiger partial charge in [0.1, 0.15) is 0 Å². The highest BCUT2D eigenvalue weighted by atomic mass is 16.5. The van der Waals surface area contributed by atoms with E-state index >= 15 is 0 Å². The minimum atomic E-state index is -1.69. The molecule has 2 N–H and O–H groups in total. The van der Waals surface area contributed by atoms with E-state index in [1.807, 2.05) is 0 Å². The first-order chi connectivity index (χ1) is 5.67. The number of pyridine rings is 1. The maximum absolute atomic E-state index is 9.27. The molecule has 0 aromatic carbocycles. The van der Waals surface area contributed by atoms with Crippen molar-refractivity contribution in [2.45, 2.75) is 12.2 Å². The Bertz CT molecular complexity index is 331. The molecular weight excluding hydrogens is 154 g/mol. The molecule has 1 aromatic heterocycles. The van der Waals surface area contributed by atoms with Gasteiger partial charge in [-0.1, -0.05) is 6.08 Å². The van der Waals surface area contributed by atoms with E-state index in [9.17, 15) is 10.2 Å². The number of nitrogens with zero attached hydrogens (tertiary/aromatic N) is 1. The first-order valence-electron chi connectivity index (χ1n) is 3.74. The molecule has 1 heterocycles. The van der Waals surface area contributed by atoms with Crippen molar-refractivity contribution in [2.75, 3.05) is 0 Å². The van der Waals surface area contributed by atoms with Crippen molar-refractivity contribution in [1.82, 2.24) is 4.98 Å². The topological polar surface area (TPSA) is 53.4 Å². The van der Waals surface area contributed by atoms with Gasteiger partial charge in [-0.25, -0.2) is 0 Å². The highest BCUT2D eigenvalue weighted by molar-refractivity contribution is 5.56. The monoisotopic (exact) mass is 163 g/mol. The second-order valence-electron chi connectivity index (χ2n) is 2.96. The van der Waals surface area contributed by atoms with Gasteiger partial charge in [0.05, 0.1) is 0 Å². The SMILES string of the molecule is OC1(O)C=Cc2cnccc2C1. The van der Waals surface area contributed by atoms with Crippen LogP contribution in [0.1, 0.15) is 11.1 Å². The Labute approximate surface area is 70.0 Å². The fourth-order valence-corrected chi connectivity index (χ4v) is 1.31. The minimum absolute atomic E-state index is 0.237. The molecule has 0 saturated heterocycles. The van der Waals surface area contributed by atoms with Crippen LogP contribution in [0.3, 0.4) is 0 Å². The largest absolute Gasteiger partial charge is 0.362 e. The van der Waals surface area contributed by atoms with Crippen LogP contribution in [0.15, 0.2) is 24.5 Å². The molecule has 1 aromatic rings. The van der Waals surface area contributed by atoms with Crippen LogP contribution in [0.25, 0.3) is 6.08 Å². The van der Waals surface area contributed by atoms with Crippen molar-refractivity contribution in [2.24, 2.45) is 0 Å². The van der Waals surface area contributed by atoms with E-state index in [0.29, 0.717) is 0 Å². The molecule has 0 bridgehead atoms. The zero-order valence-electron chi connectivity index (χ0n) is 6.44. The van der Waals surface area contributed by atoms with E-state index in [0.717, 1.165) is 11.1 Å². The third-order valence-corrected chi connectivity index (χ3v) is 1.93. The van der Waals surface area contributed by atoms with Crippen LogP contribution in [0.2, 0.25) is 0 Å². The van der Waals surface area contributed by atoms with Crippen molar-refractivity contribution in [3.63, 3.8) is 0 Å². The van der Waals surface area contributed by atoms with E-state index in [-0.39, 0.29) is 6.42 Å². The van der Waals surface area contributed by atoms with Crippen LogP contribution < -0.4 is 0 Å². The van der Waals surface area contributed by atoms with Crippen LogP contribution in [0.4, 0.5) is 0 Å². The van der Waals surface area contributed by atoms with Crippen LogP contribution >= 0.6 is 0 Å². The van der Waals surface area contributed by atoms with Gasteiger partial charge in [-0.3, -0.25) is 4.98 Å². The maximum Gasteiger partial charge on any atom is 0.187 e. The summed E-state index contributed by atoms with van der Waals surface area (Å²) in [5, 5.41) is 18.5. The summed E-state index contributed by atoms with van der Waals surface area (Å²) in [6, 6.07) is 1.79. The summed E-state index contributed by atoms with van der Waals surface area (Å²) >= 11 is 0. The van der Waals surface area contributed by atoms with E-state index in [2.05, 4.69) is 4.98 Å². The van der Waals surface area contributed by atoms with Gasteiger partial charge < -0.3 is 10.2 Å². The van der Waals surface area contributed by atoms with Gasteiger partial charge in [-0.05, 0) is 23.3 Å².